The van der Waals surface area contributed by atoms with Crippen LogP contribution >= 0.6 is 0 Å². The number of hydrogen-bond acceptors (Lipinski definition) is 2. The molecule has 1 rings (SSSR count). The van der Waals surface area contributed by atoms with Gasteiger partial charge >= 0.3 is 0 Å². The van der Waals surface area contributed by atoms with Crippen LogP contribution in [0.15, 0.2) is 18.2 Å². The molecule has 3 nitrogen and oxygen atoms in total. The number of hydrogen-bond donors (Lipinski definition) is 2. The Labute approximate surface area is 104 Å². The van der Waals surface area contributed by atoms with Gasteiger partial charge in [0.25, 0.3) is 12.3 Å². The second-order valence-corrected chi connectivity index (χ2v) is 3.59. The summed E-state index contributed by atoms with van der Waals surface area (Å²) in [5.74, 6) is 4.99. The predicted molar refractivity (Wildman–Crippen MR) is 65.4 cm³/mol. The van der Waals surface area contributed by atoms with Gasteiger partial charge in [0, 0.05) is 11.1 Å². The van der Waals surface area contributed by atoms with E-state index in [0.29, 0.717) is 16.7 Å². The van der Waals surface area contributed by atoms with Gasteiger partial charge < -0.3 is 11.1 Å². The van der Waals surface area contributed by atoms with E-state index >= 15 is 0 Å². The normalized spacial score (nSPS) is 9.83. The van der Waals surface area contributed by atoms with Crippen molar-refractivity contribution >= 4 is 5.91 Å². The third-order valence-corrected chi connectivity index (χ3v) is 2.32. The fourth-order valence-corrected chi connectivity index (χ4v) is 1.43. The third kappa shape index (κ3) is 3.82. The Morgan fingerprint density at radius 1 is 1.50 bits per heavy atom. The summed E-state index contributed by atoms with van der Waals surface area (Å²) in [6, 6.07) is 4.98. The Bertz CT molecular complexity index is 489. The van der Waals surface area contributed by atoms with E-state index in [0.717, 1.165) is 0 Å². The average molecular weight is 252 g/mol. The molecule has 0 spiro atoms. The summed E-state index contributed by atoms with van der Waals surface area (Å²) in [5.41, 5.74) is 6.94. The number of nitrogens with one attached hydrogen (secondary N) is 1. The maximum absolute atomic E-state index is 12.0. The molecule has 0 aliphatic carbocycles. The van der Waals surface area contributed by atoms with Crippen molar-refractivity contribution in [3.63, 3.8) is 0 Å². The van der Waals surface area contributed by atoms with Gasteiger partial charge in [0.05, 0.1) is 13.1 Å². The quantitative estimate of drug-likeness (QED) is 0.797. The van der Waals surface area contributed by atoms with E-state index in [-0.39, 0.29) is 6.54 Å². The first-order valence-corrected chi connectivity index (χ1v) is 5.41. The summed E-state index contributed by atoms with van der Waals surface area (Å²) < 4.78 is 24.0. The molecule has 0 bridgehead atoms. The second kappa shape index (κ2) is 6.72. The van der Waals surface area contributed by atoms with Crippen molar-refractivity contribution in [1.29, 1.82) is 0 Å². The summed E-state index contributed by atoms with van der Waals surface area (Å²) in [7, 11) is 0. The van der Waals surface area contributed by atoms with Crippen molar-refractivity contribution in [1.82, 2.24) is 5.32 Å². The molecule has 0 aliphatic heterocycles. The van der Waals surface area contributed by atoms with Crippen molar-refractivity contribution in [3.8, 4) is 11.8 Å². The van der Waals surface area contributed by atoms with Crippen molar-refractivity contribution in [3.05, 3.63) is 34.9 Å². The molecule has 96 valence electrons. The van der Waals surface area contributed by atoms with E-state index in [9.17, 15) is 13.6 Å². The molecule has 0 unspecified atom stereocenters. The highest BCUT2D eigenvalue weighted by atomic mass is 19.3. The smallest absolute Gasteiger partial charge is 0.255 e. The maximum Gasteiger partial charge on any atom is 0.255 e. The van der Waals surface area contributed by atoms with Crippen LogP contribution in [0.2, 0.25) is 0 Å². The molecule has 0 heterocycles. The topological polar surface area (TPSA) is 55.1 Å². The van der Waals surface area contributed by atoms with Gasteiger partial charge in [-0.2, -0.15) is 0 Å². The van der Waals surface area contributed by atoms with Gasteiger partial charge in [-0.15, -0.1) is 0 Å². The minimum Gasteiger partial charge on any atom is -0.346 e. The van der Waals surface area contributed by atoms with Crippen LogP contribution < -0.4 is 11.1 Å². The number of rotatable bonds is 3. The lowest BCUT2D eigenvalue weighted by molar-refractivity contribution is 0.0891. The average Bonchev–Trinajstić information content (AvgIpc) is 2.34. The van der Waals surface area contributed by atoms with Crippen molar-refractivity contribution in [2.24, 2.45) is 5.73 Å². The van der Waals surface area contributed by atoms with Gasteiger partial charge in [-0.1, -0.05) is 17.9 Å². The van der Waals surface area contributed by atoms with Gasteiger partial charge in [-0.3, -0.25) is 4.79 Å². The number of halogens is 2. The van der Waals surface area contributed by atoms with E-state index in [2.05, 4.69) is 17.2 Å². The number of amides is 1. The highest BCUT2D eigenvalue weighted by Gasteiger charge is 2.12. The summed E-state index contributed by atoms with van der Waals surface area (Å²) in [6.07, 6.45) is -2.56. The van der Waals surface area contributed by atoms with Gasteiger partial charge in [0.15, 0.2) is 0 Å². The number of carbonyl (C=O) groups excluding carboxylic acids is 1. The number of benzene rings is 1. The van der Waals surface area contributed by atoms with Gasteiger partial charge in [0.1, 0.15) is 0 Å². The standard InChI is InChI=1S/C13H14F2N2O/c1-9-10(5-3-7-16)4-2-6-11(9)13(18)17-8-12(14)15/h2,4,6,12H,7-8,16H2,1H3,(H,17,18). The molecule has 18 heavy (non-hydrogen) atoms. The Balaban J connectivity index is 2.92. The molecule has 1 aromatic carbocycles. The summed E-state index contributed by atoms with van der Waals surface area (Å²) in [4.78, 5) is 11.7. The monoisotopic (exact) mass is 252 g/mol. The SMILES string of the molecule is Cc1c(C#CCN)cccc1C(=O)NCC(F)F. The van der Waals surface area contributed by atoms with Gasteiger partial charge in [-0.05, 0) is 24.6 Å². The van der Waals surface area contributed by atoms with E-state index in [4.69, 9.17) is 5.73 Å². The molecule has 0 atom stereocenters. The molecule has 0 fully saturated rings. The molecular formula is C13H14F2N2O. The molecule has 0 aliphatic rings. The fraction of sp³-hybridized carbons (Fsp3) is 0.308. The number of carbonyl (C=O) groups is 1. The van der Waals surface area contributed by atoms with Crippen LogP contribution in [0.1, 0.15) is 21.5 Å². The second-order valence-electron chi connectivity index (χ2n) is 3.59. The first-order chi connectivity index (χ1) is 8.56. The maximum atomic E-state index is 12.0. The van der Waals surface area contributed by atoms with Gasteiger partial charge in [-0.25, -0.2) is 8.78 Å². The number of nitrogens with two attached hydrogens (primary N) is 1. The largest absolute Gasteiger partial charge is 0.346 e. The summed E-state index contributed by atoms with van der Waals surface area (Å²) >= 11 is 0. The van der Waals surface area contributed by atoms with Crippen LogP contribution in [-0.2, 0) is 0 Å². The highest BCUT2D eigenvalue weighted by molar-refractivity contribution is 5.96. The van der Waals surface area contributed by atoms with Crippen LogP contribution in [0.5, 0.6) is 0 Å². The zero-order chi connectivity index (χ0) is 13.5. The van der Waals surface area contributed by atoms with Gasteiger partial charge in [0.2, 0.25) is 0 Å². The van der Waals surface area contributed by atoms with Crippen LogP contribution in [0.25, 0.3) is 0 Å². The zero-order valence-electron chi connectivity index (χ0n) is 9.97. The Kier molecular flexibility index (Phi) is 5.28. The molecule has 0 saturated carbocycles. The molecule has 3 N–H and O–H groups in total. The summed E-state index contributed by atoms with van der Waals surface area (Å²) in [5, 5.41) is 2.16. The Morgan fingerprint density at radius 2 is 2.22 bits per heavy atom. The molecule has 0 aromatic heterocycles. The Hall–Kier alpha value is -1.93. The Morgan fingerprint density at radius 3 is 2.83 bits per heavy atom. The van der Waals surface area contributed by atoms with E-state index in [1.807, 2.05) is 0 Å². The number of alkyl halides is 2. The minimum atomic E-state index is -2.56. The third-order valence-electron chi connectivity index (χ3n) is 2.32. The van der Waals surface area contributed by atoms with Crippen LogP contribution in [0.3, 0.4) is 0 Å². The molecule has 1 amide bonds. The predicted octanol–water partition coefficient (Wildman–Crippen LogP) is 1.30. The van der Waals surface area contributed by atoms with Crippen molar-refractivity contribution in [2.75, 3.05) is 13.1 Å². The van der Waals surface area contributed by atoms with Crippen molar-refractivity contribution in [2.45, 2.75) is 13.3 Å². The fourth-order valence-electron chi connectivity index (χ4n) is 1.43. The molecule has 0 radical (unpaired) electrons. The lowest BCUT2D eigenvalue weighted by Crippen LogP contribution is -2.29. The molecule has 1 aromatic rings. The van der Waals surface area contributed by atoms with Crippen LogP contribution in [0, 0.1) is 18.8 Å². The van der Waals surface area contributed by atoms with Crippen LogP contribution in [0.4, 0.5) is 8.78 Å². The first-order valence-electron chi connectivity index (χ1n) is 5.41. The van der Waals surface area contributed by atoms with E-state index < -0.39 is 18.9 Å². The first kappa shape index (κ1) is 14.1. The van der Waals surface area contributed by atoms with E-state index in [1.165, 1.54) is 0 Å². The van der Waals surface area contributed by atoms with Crippen LogP contribution in [-0.4, -0.2) is 25.4 Å². The zero-order valence-corrected chi connectivity index (χ0v) is 9.97. The lowest BCUT2D eigenvalue weighted by atomic mass is 10.0. The highest BCUT2D eigenvalue weighted by Crippen LogP contribution is 2.12. The lowest BCUT2D eigenvalue weighted by Gasteiger charge is -2.08. The van der Waals surface area contributed by atoms with Crippen molar-refractivity contribution < 1.29 is 13.6 Å². The minimum absolute atomic E-state index is 0.223. The molecular weight excluding hydrogens is 238 g/mol. The van der Waals surface area contributed by atoms with E-state index in [1.54, 1.807) is 25.1 Å². The summed E-state index contributed by atoms with van der Waals surface area (Å²) in [6.45, 7) is 1.29. The molecule has 5 heteroatoms. The molecule has 0 saturated heterocycles.